The van der Waals surface area contributed by atoms with Crippen molar-refractivity contribution in [1.29, 1.82) is 0 Å². The van der Waals surface area contributed by atoms with Crippen LogP contribution in [-0.4, -0.2) is 41.3 Å². The molecule has 0 saturated carbocycles. The van der Waals surface area contributed by atoms with Crippen molar-refractivity contribution in [2.75, 3.05) is 37.7 Å². The molecule has 0 spiro atoms. The number of aryl methyl sites for hydroxylation is 1. The fourth-order valence-electron chi connectivity index (χ4n) is 3.98. The Morgan fingerprint density at radius 1 is 0.867 bits per heavy atom. The third-order valence-electron chi connectivity index (χ3n) is 5.67. The van der Waals surface area contributed by atoms with E-state index in [1.807, 2.05) is 0 Å². The molecule has 30 heavy (non-hydrogen) atoms. The summed E-state index contributed by atoms with van der Waals surface area (Å²) < 4.78 is 38.7. The predicted octanol–water partition coefficient (Wildman–Crippen LogP) is 3.75. The Morgan fingerprint density at radius 2 is 1.57 bits per heavy atom. The number of nitrogens with zero attached hydrogens (tertiary/aromatic N) is 1. The fourth-order valence-corrected chi connectivity index (χ4v) is 5.06. The average molecular weight is 431 g/mol. The molecule has 6 nitrogen and oxygen atoms in total. The Balaban J connectivity index is 1.27. The SMILES string of the molecule is O=S(=O)(NCCCc1ccc(N2CCCCCC2)cc1)c1ccc2c(c1)OCCO2. The molecule has 0 unspecified atom stereocenters. The van der Waals surface area contributed by atoms with Gasteiger partial charge in [-0.25, -0.2) is 13.1 Å². The molecule has 7 heteroatoms. The molecule has 2 aliphatic heterocycles. The Hall–Kier alpha value is -2.25. The average Bonchev–Trinajstić information content (AvgIpc) is 3.06. The topological polar surface area (TPSA) is 67.9 Å². The second-order valence-electron chi connectivity index (χ2n) is 7.87. The third-order valence-corrected chi connectivity index (χ3v) is 7.12. The molecule has 2 aliphatic rings. The zero-order valence-electron chi connectivity index (χ0n) is 17.3. The number of anilines is 1. The van der Waals surface area contributed by atoms with Gasteiger partial charge in [0.2, 0.25) is 10.0 Å². The van der Waals surface area contributed by atoms with Crippen molar-refractivity contribution >= 4 is 15.7 Å². The molecule has 0 atom stereocenters. The van der Waals surface area contributed by atoms with E-state index in [1.54, 1.807) is 12.1 Å². The maximum atomic E-state index is 12.6. The lowest BCUT2D eigenvalue weighted by Gasteiger charge is -2.22. The molecule has 4 rings (SSSR count). The van der Waals surface area contributed by atoms with Crippen LogP contribution in [0.2, 0.25) is 0 Å². The summed E-state index contributed by atoms with van der Waals surface area (Å²) >= 11 is 0. The van der Waals surface area contributed by atoms with E-state index in [4.69, 9.17) is 9.47 Å². The van der Waals surface area contributed by atoms with Crippen molar-refractivity contribution in [3.05, 3.63) is 48.0 Å². The van der Waals surface area contributed by atoms with Gasteiger partial charge in [0.1, 0.15) is 13.2 Å². The normalized spacial score (nSPS) is 16.9. The van der Waals surface area contributed by atoms with Crippen LogP contribution < -0.4 is 19.1 Å². The molecule has 2 aromatic carbocycles. The monoisotopic (exact) mass is 430 g/mol. The molecule has 2 aromatic rings. The molecule has 0 bridgehead atoms. The molecule has 1 saturated heterocycles. The van der Waals surface area contributed by atoms with E-state index in [9.17, 15) is 8.42 Å². The van der Waals surface area contributed by atoms with Crippen molar-refractivity contribution < 1.29 is 17.9 Å². The van der Waals surface area contributed by atoms with Gasteiger partial charge in [0.25, 0.3) is 0 Å². The van der Waals surface area contributed by atoms with E-state index in [-0.39, 0.29) is 4.90 Å². The summed E-state index contributed by atoms with van der Waals surface area (Å²) in [6.07, 6.45) is 6.78. The van der Waals surface area contributed by atoms with Crippen LogP contribution in [0, 0.1) is 0 Å². The van der Waals surface area contributed by atoms with E-state index < -0.39 is 10.0 Å². The zero-order chi connectivity index (χ0) is 20.8. The van der Waals surface area contributed by atoms with Gasteiger partial charge in [-0.15, -0.1) is 0 Å². The molecule has 162 valence electrons. The van der Waals surface area contributed by atoms with E-state index in [0.717, 1.165) is 25.9 Å². The van der Waals surface area contributed by atoms with E-state index in [0.29, 0.717) is 31.3 Å². The predicted molar refractivity (Wildman–Crippen MR) is 118 cm³/mol. The molecule has 0 amide bonds. The molecule has 2 heterocycles. The van der Waals surface area contributed by atoms with E-state index >= 15 is 0 Å². The van der Waals surface area contributed by atoms with Crippen molar-refractivity contribution in [2.45, 2.75) is 43.4 Å². The van der Waals surface area contributed by atoms with Gasteiger partial charge in [-0.2, -0.15) is 0 Å². The first kappa shape index (κ1) is 21.0. The second kappa shape index (κ2) is 9.71. The Kier molecular flexibility index (Phi) is 6.79. The van der Waals surface area contributed by atoms with Gasteiger partial charge < -0.3 is 14.4 Å². The van der Waals surface area contributed by atoms with Crippen molar-refractivity contribution in [3.63, 3.8) is 0 Å². The van der Waals surface area contributed by atoms with Crippen molar-refractivity contribution in [2.24, 2.45) is 0 Å². The summed E-state index contributed by atoms with van der Waals surface area (Å²) in [5.74, 6) is 1.07. The third kappa shape index (κ3) is 5.26. The van der Waals surface area contributed by atoms with Crippen LogP contribution in [0.1, 0.15) is 37.7 Å². The Morgan fingerprint density at radius 3 is 2.30 bits per heavy atom. The molecule has 0 aromatic heterocycles. The van der Waals surface area contributed by atoms with Gasteiger partial charge in [0, 0.05) is 31.4 Å². The molecular formula is C23H30N2O4S. The molecule has 1 N–H and O–H groups in total. The maximum absolute atomic E-state index is 12.6. The highest BCUT2D eigenvalue weighted by molar-refractivity contribution is 7.89. The molecule has 1 fully saturated rings. The molecule has 0 radical (unpaired) electrons. The summed E-state index contributed by atoms with van der Waals surface area (Å²) in [5.41, 5.74) is 2.52. The van der Waals surface area contributed by atoms with Crippen LogP contribution in [-0.2, 0) is 16.4 Å². The van der Waals surface area contributed by atoms with Crippen LogP contribution in [0.25, 0.3) is 0 Å². The number of sulfonamides is 1. The van der Waals surface area contributed by atoms with Crippen LogP contribution in [0.3, 0.4) is 0 Å². The number of hydrogen-bond acceptors (Lipinski definition) is 5. The van der Waals surface area contributed by atoms with Gasteiger partial charge in [-0.3, -0.25) is 0 Å². The highest BCUT2D eigenvalue weighted by atomic mass is 32.2. The molecule has 0 aliphatic carbocycles. The minimum atomic E-state index is -3.57. The van der Waals surface area contributed by atoms with Gasteiger partial charge in [0.05, 0.1) is 4.90 Å². The maximum Gasteiger partial charge on any atom is 0.240 e. The first-order valence-corrected chi connectivity index (χ1v) is 12.3. The number of nitrogens with one attached hydrogen (secondary N) is 1. The lowest BCUT2D eigenvalue weighted by molar-refractivity contribution is 0.171. The molecular weight excluding hydrogens is 400 g/mol. The van der Waals surface area contributed by atoms with Crippen LogP contribution in [0.5, 0.6) is 11.5 Å². The first-order chi connectivity index (χ1) is 14.6. The van der Waals surface area contributed by atoms with Crippen molar-refractivity contribution in [1.82, 2.24) is 4.72 Å². The Labute approximate surface area is 179 Å². The summed E-state index contributed by atoms with van der Waals surface area (Å²) in [5, 5.41) is 0. The number of benzene rings is 2. The van der Waals surface area contributed by atoms with Crippen molar-refractivity contribution in [3.8, 4) is 11.5 Å². The van der Waals surface area contributed by atoms with Gasteiger partial charge >= 0.3 is 0 Å². The van der Waals surface area contributed by atoms with Crippen LogP contribution >= 0.6 is 0 Å². The standard InChI is InChI=1S/C23H30N2O4S/c26-30(27,21-11-12-22-23(18-21)29-17-16-28-22)24-13-5-6-19-7-9-20(10-8-19)25-14-3-1-2-4-15-25/h7-12,18,24H,1-6,13-17H2. The van der Waals surface area contributed by atoms with Gasteiger partial charge in [-0.1, -0.05) is 25.0 Å². The number of hydrogen-bond donors (Lipinski definition) is 1. The first-order valence-electron chi connectivity index (χ1n) is 10.8. The highest BCUT2D eigenvalue weighted by Gasteiger charge is 2.19. The Bertz CT molecular complexity index is 936. The van der Waals surface area contributed by atoms with Crippen LogP contribution in [0.15, 0.2) is 47.4 Å². The number of ether oxygens (including phenoxy) is 2. The summed E-state index contributed by atoms with van der Waals surface area (Å²) in [6, 6.07) is 13.4. The lowest BCUT2D eigenvalue weighted by atomic mass is 10.1. The van der Waals surface area contributed by atoms with E-state index in [1.165, 1.54) is 43.0 Å². The van der Waals surface area contributed by atoms with Gasteiger partial charge in [0.15, 0.2) is 11.5 Å². The van der Waals surface area contributed by atoms with Crippen LogP contribution in [0.4, 0.5) is 5.69 Å². The largest absolute Gasteiger partial charge is 0.486 e. The summed E-state index contributed by atoms with van der Waals surface area (Å²) in [4.78, 5) is 2.67. The van der Waals surface area contributed by atoms with E-state index in [2.05, 4.69) is 33.9 Å². The number of rotatable bonds is 7. The summed E-state index contributed by atoms with van der Waals surface area (Å²) in [7, 11) is -3.57. The highest BCUT2D eigenvalue weighted by Crippen LogP contribution is 2.32. The smallest absolute Gasteiger partial charge is 0.240 e. The fraction of sp³-hybridized carbons (Fsp3) is 0.478. The minimum absolute atomic E-state index is 0.202. The number of fused-ring (bicyclic) bond motifs is 1. The quantitative estimate of drug-likeness (QED) is 0.678. The van der Waals surface area contributed by atoms with Gasteiger partial charge in [-0.05, 0) is 55.5 Å². The zero-order valence-corrected chi connectivity index (χ0v) is 18.1. The summed E-state index contributed by atoms with van der Waals surface area (Å²) in [6.45, 7) is 3.59. The lowest BCUT2D eigenvalue weighted by Crippen LogP contribution is -2.25. The second-order valence-corrected chi connectivity index (χ2v) is 9.64. The minimum Gasteiger partial charge on any atom is -0.486 e.